The molecule has 0 aliphatic rings. The molecule has 5 nitrogen and oxygen atoms in total. The fourth-order valence-electron chi connectivity index (χ4n) is 2.23. The summed E-state index contributed by atoms with van der Waals surface area (Å²) in [5.74, 6) is 0.889. The lowest BCUT2D eigenvalue weighted by Crippen LogP contribution is -2.34. The third-order valence-electron chi connectivity index (χ3n) is 3.34. The van der Waals surface area contributed by atoms with Gasteiger partial charge in [-0.05, 0) is 42.7 Å². The minimum atomic E-state index is -0.171. The number of carbonyl (C=O) groups excluding carboxylic acids is 1. The Morgan fingerprint density at radius 2 is 1.91 bits per heavy atom. The average Bonchev–Trinajstić information content (AvgIpc) is 2.91. The Labute approximate surface area is 131 Å². The highest BCUT2D eigenvalue weighted by Crippen LogP contribution is 2.18. The van der Waals surface area contributed by atoms with Gasteiger partial charge in [0.05, 0.1) is 6.61 Å². The van der Waals surface area contributed by atoms with Gasteiger partial charge in [-0.3, -0.25) is 0 Å². The van der Waals surface area contributed by atoms with E-state index >= 15 is 0 Å². The molecular formula is C17H23N3O2. The third-order valence-corrected chi connectivity index (χ3v) is 3.34. The van der Waals surface area contributed by atoms with Crippen LogP contribution in [0, 0.1) is 6.92 Å². The minimum absolute atomic E-state index is 0.171. The van der Waals surface area contributed by atoms with Gasteiger partial charge in [-0.2, -0.15) is 0 Å². The van der Waals surface area contributed by atoms with Gasteiger partial charge < -0.3 is 19.9 Å². The maximum atomic E-state index is 11.8. The fourth-order valence-corrected chi connectivity index (χ4v) is 2.23. The van der Waals surface area contributed by atoms with Crippen molar-refractivity contribution in [2.24, 2.45) is 7.05 Å². The Kier molecular flexibility index (Phi) is 5.47. The zero-order chi connectivity index (χ0) is 15.9. The van der Waals surface area contributed by atoms with Gasteiger partial charge in [0.2, 0.25) is 0 Å². The van der Waals surface area contributed by atoms with E-state index in [0.717, 1.165) is 22.4 Å². The van der Waals surface area contributed by atoms with Gasteiger partial charge in [0.15, 0.2) is 0 Å². The zero-order valence-electron chi connectivity index (χ0n) is 13.3. The van der Waals surface area contributed by atoms with Crippen LogP contribution >= 0.6 is 0 Å². The Hall–Kier alpha value is -2.43. The SMILES string of the molecule is CCOc1ccc(CNC(=O)NCc2ccn(C)c2)cc1C. The lowest BCUT2D eigenvalue weighted by atomic mass is 10.1. The summed E-state index contributed by atoms with van der Waals surface area (Å²) in [6.07, 6.45) is 3.94. The number of rotatable bonds is 6. The number of hydrogen-bond acceptors (Lipinski definition) is 2. The summed E-state index contributed by atoms with van der Waals surface area (Å²) >= 11 is 0. The number of aromatic nitrogens is 1. The lowest BCUT2D eigenvalue weighted by molar-refractivity contribution is 0.240. The molecule has 2 rings (SSSR count). The van der Waals surface area contributed by atoms with E-state index in [0.29, 0.717) is 19.7 Å². The van der Waals surface area contributed by atoms with E-state index in [2.05, 4.69) is 10.6 Å². The topological polar surface area (TPSA) is 55.3 Å². The molecule has 2 N–H and O–H groups in total. The van der Waals surface area contributed by atoms with E-state index in [4.69, 9.17) is 4.74 Å². The summed E-state index contributed by atoms with van der Waals surface area (Å²) < 4.78 is 7.46. The molecule has 0 fully saturated rings. The van der Waals surface area contributed by atoms with Gasteiger partial charge in [0, 0.05) is 32.5 Å². The second-order valence-electron chi connectivity index (χ2n) is 5.25. The Morgan fingerprint density at radius 3 is 2.50 bits per heavy atom. The molecule has 0 saturated carbocycles. The number of amides is 2. The lowest BCUT2D eigenvalue weighted by Gasteiger charge is -2.10. The molecule has 0 saturated heterocycles. The molecule has 1 aromatic heterocycles. The van der Waals surface area contributed by atoms with Crippen LogP contribution in [0.4, 0.5) is 4.79 Å². The van der Waals surface area contributed by atoms with Crippen molar-refractivity contribution in [3.05, 3.63) is 53.3 Å². The molecule has 5 heteroatoms. The van der Waals surface area contributed by atoms with E-state index in [1.54, 1.807) is 0 Å². The van der Waals surface area contributed by atoms with Crippen molar-refractivity contribution < 1.29 is 9.53 Å². The number of hydrogen-bond donors (Lipinski definition) is 2. The summed E-state index contributed by atoms with van der Waals surface area (Å²) in [6, 6.07) is 7.75. The molecule has 2 amide bonds. The predicted octanol–water partition coefficient (Wildman–Crippen LogP) is 2.73. The molecule has 0 aliphatic carbocycles. The molecular weight excluding hydrogens is 278 g/mol. The second kappa shape index (κ2) is 7.54. The summed E-state index contributed by atoms with van der Waals surface area (Å²) in [6.45, 7) is 5.64. The molecule has 1 aromatic carbocycles. The van der Waals surface area contributed by atoms with E-state index < -0.39 is 0 Å². The second-order valence-corrected chi connectivity index (χ2v) is 5.25. The maximum absolute atomic E-state index is 11.8. The van der Waals surface area contributed by atoms with Crippen LogP contribution in [0.25, 0.3) is 0 Å². The molecule has 0 radical (unpaired) electrons. The summed E-state index contributed by atoms with van der Waals surface area (Å²) in [7, 11) is 1.96. The Morgan fingerprint density at radius 1 is 1.18 bits per heavy atom. The first kappa shape index (κ1) is 15.9. The van der Waals surface area contributed by atoms with Crippen molar-refractivity contribution in [1.82, 2.24) is 15.2 Å². The van der Waals surface area contributed by atoms with Crippen molar-refractivity contribution in [1.29, 1.82) is 0 Å². The highest BCUT2D eigenvalue weighted by atomic mass is 16.5. The molecule has 118 valence electrons. The number of aryl methyl sites for hydroxylation is 2. The van der Waals surface area contributed by atoms with Gasteiger partial charge >= 0.3 is 6.03 Å². The Bertz CT molecular complexity index is 635. The van der Waals surface area contributed by atoms with E-state index in [9.17, 15) is 4.79 Å². The molecule has 2 aromatic rings. The molecule has 22 heavy (non-hydrogen) atoms. The van der Waals surface area contributed by atoms with Crippen molar-refractivity contribution in [2.75, 3.05) is 6.61 Å². The molecule has 0 spiro atoms. The maximum Gasteiger partial charge on any atom is 0.315 e. The van der Waals surface area contributed by atoms with Crippen LogP contribution in [0.2, 0.25) is 0 Å². The van der Waals surface area contributed by atoms with Crippen LogP contribution in [0.15, 0.2) is 36.7 Å². The summed E-state index contributed by atoms with van der Waals surface area (Å²) in [5, 5.41) is 5.70. The zero-order valence-corrected chi connectivity index (χ0v) is 13.3. The molecule has 0 atom stereocenters. The van der Waals surface area contributed by atoms with Gasteiger partial charge in [0.25, 0.3) is 0 Å². The van der Waals surface area contributed by atoms with Crippen molar-refractivity contribution >= 4 is 6.03 Å². The Balaban J connectivity index is 1.79. The van der Waals surface area contributed by atoms with E-state index in [1.165, 1.54) is 0 Å². The van der Waals surface area contributed by atoms with Crippen molar-refractivity contribution in [2.45, 2.75) is 26.9 Å². The first-order valence-corrected chi connectivity index (χ1v) is 7.43. The predicted molar refractivity (Wildman–Crippen MR) is 86.8 cm³/mol. The minimum Gasteiger partial charge on any atom is -0.494 e. The number of carbonyl (C=O) groups is 1. The smallest absolute Gasteiger partial charge is 0.315 e. The highest BCUT2D eigenvalue weighted by Gasteiger charge is 2.04. The summed E-state index contributed by atoms with van der Waals surface area (Å²) in [5.41, 5.74) is 3.20. The molecule has 0 unspecified atom stereocenters. The molecule has 0 bridgehead atoms. The standard InChI is InChI=1S/C17H23N3O2/c1-4-22-16-6-5-14(9-13(16)2)10-18-17(21)19-11-15-7-8-20(3)12-15/h5-9,12H,4,10-11H2,1-3H3,(H2,18,19,21). The number of benzene rings is 1. The van der Waals surface area contributed by atoms with Gasteiger partial charge in [-0.15, -0.1) is 0 Å². The van der Waals surface area contributed by atoms with E-state index in [-0.39, 0.29) is 6.03 Å². The highest BCUT2D eigenvalue weighted by molar-refractivity contribution is 5.73. The first-order chi connectivity index (χ1) is 10.6. The normalized spacial score (nSPS) is 10.3. The molecule has 1 heterocycles. The van der Waals surface area contributed by atoms with Gasteiger partial charge in [-0.1, -0.05) is 12.1 Å². The van der Waals surface area contributed by atoms with Gasteiger partial charge in [0.1, 0.15) is 5.75 Å². The van der Waals surface area contributed by atoms with Crippen LogP contribution in [-0.2, 0) is 20.1 Å². The van der Waals surface area contributed by atoms with Crippen LogP contribution in [0.3, 0.4) is 0 Å². The fraction of sp³-hybridized carbons (Fsp3) is 0.353. The summed E-state index contributed by atoms with van der Waals surface area (Å²) in [4.78, 5) is 11.8. The third kappa shape index (κ3) is 4.55. The monoisotopic (exact) mass is 301 g/mol. The van der Waals surface area contributed by atoms with Crippen molar-refractivity contribution in [3.63, 3.8) is 0 Å². The number of ether oxygens (including phenoxy) is 1. The number of nitrogens with zero attached hydrogens (tertiary/aromatic N) is 1. The number of urea groups is 1. The van der Waals surface area contributed by atoms with E-state index in [1.807, 2.05) is 62.1 Å². The van der Waals surface area contributed by atoms with Crippen LogP contribution in [0.1, 0.15) is 23.6 Å². The van der Waals surface area contributed by atoms with Crippen LogP contribution in [-0.4, -0.2) is 17.2 Å². The number of nitrogens with one attached hydrogen (secondary N) is 2. The largest absolute Gasteiger partial charge is 0.494 e. The quantitative estimate of drug-likeness (QED) is 0.862. The van der Waals surface area contributed by atoms with Crippen LogP contribution < -0.4 is 15.4 Å². The van der Waals surface area contributed by atoms with Crippen LogP contribution in [0.5, 0.6) is 5.75 Å². The van der Waals surface area contributed by atoms with Crippen molar-refractivity contribution in [3.8, 4) is 5.75 Å². The average molecular weight is 301 g/mol. The molecule has 0 aliphatic heterocycles. The van der Waals surface area contributed by atoms with Gasteiger partial charge in [-0.25, -0.2) is 4.79 Å². The first-order valence-electron chi connectivity index (χ1n) is 7.43.